The maximum atomic E-state index is 12.2. The largest absolute Gasteiger partial charge is 0.467 e. The van der Waals surface area contributed by atoms with E-state index >= 15 is 0 Å². The zero-order chi connectivity index (χ0) is 19.3. The highest BCUT2D eigenvalue weighted by molar-refractivity contribution is 5.88. The Balaban J connectivity index is 1.45. The van der Waals surface area contributed by atoms with Gasteiger partial charge in [0.1, 0.15) is 11.3 Å². The molecule has 8 nitrogen and oxygen atoms in total. The fourth-order valence-electron chi connectivity index (χ4n) is 3.65. The predicted molar refractivity (Wildman–Crippen MR) is 92.8 cm³/mol. The number of esters is 1. The van der Waals surface area contributed by atoms with Gasteiger partial charge >= 0.3 is 5.97 Å². The molecule has 1 aromatic rings. The molecular formula is C19H23N3O5. The number of rotatable bonds is 6. The van der Waals surface area contributed by atoms with Crippen molar-refractivity contribution in [1.29, 1.82) is 5.26 Å². The molecule has 1 aliphatic carbocycles. The molecule has 2 fully saturated rings. The van der Waals surface area contributed by atoms with Crippen LogP contribution in [-0.2, 0) is 25.7 Å². The molecule has 1 aromatic heterocycles. The molecule has 2 amide bonds. The molecule has 27 heavy (non-hydrogen) atoms. The second kappa shape index (κ2) is 8.25. The molecule has 144 valence electrons. The summed E-state index contributed by atoms with van der Waals surface area (Å²) in [6, 6.07) is 5.69. The first-order chi connectivity index (χ1) is 13.0. The number of amides is 2. The van der Waals surface area contributed by atoms with Crippen LogP contribution in [0.1, 0.15) is 44.3 Å². The Hall–Kier alpha value is -2.82. The molecule has 1 atom stereocenters. The molecular weight excluding hydrogens is 350 g/mol. The number of furan rings is 1. The zero-order valence-electron chi connectivity index (χ0n) is 15.1. The van der Waals surface area contributed by atoms with Crippen LogP contribution in [0.4, 0.5) is 0 Å². The highest BCUT2D eigenvalue weighted by Gasteiger charge is 2.37. The van der Waals surface area contributed by atoms with E-state index in [2.05, 4.69) is 11.4 Å². The molecule has 0 aromatic carbocycles. The Bertz CT molecular complexity index is 731. The van der Waals surface area contributed by atoms with Gasteiger partial charge < -0.3 is 19.4 Å². The van der Waals surface area contributed by atoms with Crippen LogP contribution in [0.25, 0.3) is 0 Å². The van der Waals surface area contributed by atoms with Gasteiger partial charge in [-0.15, -0.1) is 0 Å². The van der Waals surface area contributed by atoms with Crippen molar-refractivity contribution in [3.63, 3.8) is 0 Å². The van der Waals surface area contributed by atoms with Gasteiger partial charge in [0.05, 0.1) is 24.8 Å². The topological polar surface area (TPSA) is 113 Å². The van der Waals surface area contributed by atoms with E-state index in [-0.39, 0.29) is 18.9 Å². The monoisotopic (exact) mass is 373 g/mol. The lowest BCUT2D eigenvalue weighted by Gasteiger charge is -2.31. The van der Waals surface area contributed by atoms with Crippen LogP contribution in [0.5, 0.6) is 0 Å². The maximum Gasteiger partial charge on any atom is 0.311 e. The Morgan fingerprint density at radius 3 is 2.81 bits per heavy atom. The predicted octanol–water partition coefficient (Wildman–Crippen LogP) is 1.51. The van der Waals surface area contributed by atoms with Crippen LogP contribution >= 0.6 is 0 Å². The zero-order valence-corrected chi connectivity index (χ0v) is 15.1. The average molecular weight is 373 g/mol. The molecule has 8 heteroatoms. The number of likely N-dealkylation sites (tertiary alicyclic amines) is 1. The summed E-state index contributed by atoms with van der Waals surface area (Å²) < 4.78 is 10.3. The lowest BCUT2D eigenvalue weighted by atomic mass is 9.83. The van der Waals surface area contributed by atoms with Gasteiger partial charge in [0, 0.05) is 13.0 Å². The summed E-state index contributed by atoms with van der Waals surface area (Å²) in [6.45, 7) is 0.105. The number of carbonyl (C=O) groups is 3. The molecule has 1 aliphatic heterocycles. The summed E-state index contributed by atoms with van der Waals surface area (Å²) >= 11 is 0. The average Bonchev–Trinajstić information content (AvgIpc) is 3.31. The van der Waals surface area contributed by atoms with Crippen molar-refractivity contribution >= 4 is 17.8 Å². The van der Waals surface area contributed by atoms with Crippen LogP contribution < -0.4 is 5.32 Å². The lowest BCUT2D eigenvalue weighted by molar-refractivity contribution is -0.152. The summed E-state index contributed by atoms with van der Waals surface area (Å²) in [5.41, 5.74) is -0.856. The van der Waals surface area contributed by atoms with Crippen molar-refractivity contribution in [2.75, 3.05) is 13.2 Å². The Morgan fingerprint density at radius 2 is 2.15 bits per heavy atom. The molecule has 2 aliphatic rings. The molecule has 2 heterocycles. The van der Waals surface area contributed by atoms with Crippen LogP contribution in [0.3, 0.4) is 0 Å². The third-order valence-corrected chi connectivity index (χ3v) is 5.12. The van der Waals surface area contributed by atoms with E-state index in [0.717, 1.165) is 19.3 Å². The standard InChI is InChI=1S/C19H23N3O5/c20-13-19(6-2-1-3-7-19)21-16(23)12-27-18(25)14-9-17(24)22(10-14)11-15-5-4-8-26-15/h4-5,8,14H,1-3,6-7,9-12H2,(H,21,23)/t14-/m0/s1. The maximum absolute atomic E-state index is 12.2. The van der Waals surface area contributed by atoms with E-state index in [1.54, 1.807) is 12.1 Å². The third kappa shape index (κ3) is 4.67. The van der Waals surface area contributed by atoms with E-state index in [0.29, 0.717) is 25.1 Å². The van der Waals surface area contributed by atoms with Crippen LogP contribution in [0.15, 0.2) is 22.8 Å². The van der Waals surface area contributed by atoms with Crippen molar-refractivity contribution < 1.29 is 23.5 Å². The molecule has 3 rings (SSSR count). The number of nitrogens with one attached hydrogen (secondary N) is 1. The van der Waals surface area contributed by atoms with Gasteiger partial charge in [-0.1, -0.05) is 19.3 Å². The van der Waals surface area contributed by atoms with Gasteiger partial charge in [0.25, 0.3) is 5.91 Å². The summed E-state index contributed by atoms with van der Waals surface area (Å²) in [5, 5.41) is 12.1. The Morgan fingerprint density at radius 1 is 1.37 bits per heavy atom. The van der Waals surface area contributed by atoms with Gasteiger partial charge in [-0.3, -0.25) is 14.4 Å². The van der Waals surface area contributed by atoms with E-state index in [1.807, 2.05) is 0 Å². The molecule has 0 bridgehead atoms. The van der Waals surface area contributed by atoms with Crippen LogP contribution in [0.2, 0.25) is 0 Å². The number of hydrogen-bond acceptors (Lipinski definition) is 6. The van der Waals surface area contributed by atoms with Crippen molar-refractivity contribution in [2.45, 2.75) is 50.6 Å². The normalized spacial score (nSPS) is 21.5. The van der Waals surface area contributed by atoms with Gasteiger partial charge in [0.15, 0.2) is 6.61 Å². The first kappa shape index (κ1) is 19.0. The van der Waals surface area contributed by atoms with Crippen molar-refractivity contribution in [2.24, 2.45) is 5.92 Å². The van der Waals surface area contributed by atoms with Gasteiger partial charge in [-0.05, 0) is 25.0 Å². The third-order valence-electron chi connectivity index (χ3n) is 5.12. The smallest absolute Gasteiger partial charge is 0.311 e. The minimum absolute atomic E-state index is 0.0588. The summed E-state index contributed by atoms with van der Waals surface area (Å²) in [5.74, 6) is -1.16. The molecule has 1 saturated carbocycles. The van der Waals surface area contributed by atoms with E-state index in [9.17, 15) is 19.6 Å². The molecule has 0 radical (unpaired) electrons. The Labute approximate surface area is 157 Å². The highest BCUT2D eigenvalue weighted by Crippen LogP contribution is 2.27. The SMILES string of the molecule is N#CC1(NC(=O)COC(=O)[C@H]2CC(=O)N(Cc3ccco3)C2)CCCCC1. The minimum atomic E-state index is -0.856. The Kier molecular flexibility index (Phi) is 5.79. The van der Waals surface area contributed by atoms with E-state index in [1.165, 1.54) is 11.2 Å². The van der Waals surface area contributed by atoms with Crippen molar-refractivity contribution in [3.8, 4) is 6.07 Å². The number of carbonyl (C=O) groups excluding carboxylic acids is 3. The molecule has 0 spiro atoms. The number of ether oxygens (including phenoxy) is 1. The van der Waals surface area contributed by atoms with Crippen molar-refractivity contribution in [1.82, 2.24) is 10.2 Å². The number of nitrogens with zero attached hydrogens (tertiary/aromatic N) is 2. The quantitative estimate of drug-likeness (QED) is 0.757. The second-order valence-electron chi connectivity index (χ2n) is 7.17. The van der Waals surface area contributed by atoms with Gasteiger partial charge in [-0.2, -0.15) is 5.26 Å². The fraction of sp³-hybridized carbons (Fsp3) is 0.579. The van der Waals surface area contributed by atoms with Gasteiger partial charge in [0.2, 0.25) is 5.91 Å². The first-order valence-electron chi connectivity index (χ1n) is 9.20. The lowest BCUT2D eigenvalue weighted by Crippen LogP contribution is -2.50. The summed E-state index contributed by atoms with van der Waals surface area (Å²) in [6.07, 6.45) is 5.65. The fourth-order valence-corrected chi connectivity index (χ4v) is 3.65. The molecule has 1 saturated heterocycles. The summed E-state index contributed by atoms with van der Waals surface area (Å²) in [4.78, 5) is 37.9. The van der Waals surface area contributed by atoms with E-state index in [4.69, 9.17) is 9.15 Å². The minimum Gasteiger partial charge on any atom is -0.467 e. The first-order valence-corrected chi connectivity index (χ1v) is 9.20. The summed E-state index contributed by atoms with van der Waals surface area (Å²) in [7, 11) is 0. The number of hydrogen-bond donors (Lipinski definition) is 1. The molecule has 0 unspecified atom stereocenters. The second-order valence-corrected chi connectivity index (χ2v) is 7.17. The van der Waals surface area contributed by atoms with Gasteiger partial charge in [-0.25, -0.2) is 0 Å². The van der Waals surface area contributed by atoms with Crippen molar-refractivity contribution in [3.05, 3.63) is 24.2 Å². The molecule has 1 N–H and O–H groups in total. The van der Waals surface area contributed by atoms with Crippen LogP contribution in [0, 0.1) is 17.2 Å². The van der Waals surface area contributed by atoms with E-state index < -0.39 is 29.9 Å². The highest BCUT2D eigenvalue weighted by atomic mass is 16.5. The van der Waals surface area contributed by atoms with Crippen LogP contribution in [-0.4, -0.2) is 41.4 Å². The number of nitriles is 1.